The zero-order valence-corrected chi connectivity index (χ0v) is 39.2. The summed E-state index contributed by atoms with van der Waals surface area (Å²) in [7, 11) is 0. The van der Waals surface area contributed by atoms with Gasteiger partial charge in [-0.1, -0.05) is 0 Å². The lowest BCUT2D eigenvalue weighted by Crippen LogP contribution is -2.69. The van der Waals surface area contributed by atoms with Crippen LogP contribution in [0.5, 0.6) is 0 Å². The fourth-order valence-corrected chi connectivity index (χ4v) is 9.67. The van der Waals surface area contributed by atoms with E-state index in [-0.39, 0.29) is 6.61 Å². The maximum absolute atomic E-state index is 12.9. The third-order valence-corrected chi connectivity index (χ3v) is 13.7. The van der Waals surface area contributed by atoms with Crippen LogP contribution in [0.4, 0.5) is 0 Å². The van der Waals surface area contributed by atoms with Gasteiger partial charge < -0.3 is 158 Å². The Morgan fingerprint density at radius 1 is 0.351 bits per heavy atom. The van der Waals surface area contributed by atoms with Crippen molar-refractivity contribution >= 4 is 5.97 Å². The molecule has 22 aliphatic rings. The van der Waals surface area contributed by atoms with Crippen molar-refractivity contribution in [3.8, 4) is 0 Å². The van der Waals surface area contributed by atoms with E-state index in [1.165, 1.54) is 6.92 Å². The molecule has 0 spiro atoms. The zero-order chi connectivity index (χ0) is 54.0. The van der Waals surface area contributed by atoms with E-state index in [4.69, 9.17) is 66.3 Å². The van der Waals surface area contributed by atoms with Gasteiger partial charge in [-0.15, -0.1) is 0 Å². The molecular formula is C41H68O33. The molecule has 0 aromatic heterocycles. The lowest BCUT2D eigenvalue weighted by molar-refractivity contribution is -0.405. The first kappa shape index (κ1) is 59.9. The second-order valence-corrected chi connectivity index (χ2v) is 18.4. The molecule has 12 bridgehead atoms. The molecule has 0 aromatic rings. The summed E-state index contributed by atoms with van der Waals surface area (Å²) in [6.45, 7) is -6.20. The van der Waals surface area contributed by atoms with Crippen LogP contribution in [0.1, 0.15) is 6.92 Å². The van der Waals surface area contributed by atoms with Crippen molar-refractivity contribution in [3.63, 3.8) is 0 Å². The van der Waals surface area contributed by atoms with Gasteiger partial charge >= 0.3 is 5.97 Å². The largest absolute Gasteiger partial charge is 0.464 e. The minimum Gasteiger partial charge on any atom is -0.464 e. The number of esters is 1. The summed E-state index contributed by atoms with van der Waals surface area (Å²) >= 11 is 0. The van der Waals surface area contributed by atoms with Crippen molar-refractivity contribution in [1.29, 1.82) is 0 Å². The van der Waals surface area contributed by atoms with E-state index in [1.807, 2.05) is 0 Å². The monoisotopic (exact) mass is 1090 g/mol. The Bertz CT molecular complexity index is 1730. The second-order valence-electron chi connectivity index (χ2n) is 18.4. The van der Waals surface area contributed by atoms with Gasteiger partial charge in [0.1, 0.15) is 146 Å². The standard InChI is InChI=1S/C41H68O33/c1-2-61-35(60)16(9-48)62-34-27(59)41-68-15(8-47)33(34)74-40-26(58)21(53)31(13(6-45)67-40)72-38-24(56)19(51)29(11(4-43)65-38)70-36-22(54)17(49)28(10(3-42)63-36)69-37-23(55)18(50)30(12(5-44)64-37)71-39-25(57)20(52)32(73-41)14(7-46)66-39/h10-34,36-59H,2-9H2,1H3/t10-,11-,12-,13-,14-,15-,16?,17-,18-,19-,20-,21-,22-,23-,24-,25-,26-,27-,28-,29-,30-,31-,32-,33+,34-,36-,37-,38-,39-,40-,41-/m1/s1. The summed E-state index contributed by atoms with van der Waals surface area (Å²) in [5.41, 5.74) is 0. The Labute approximate surface area is 418 Å². The normalized spacial score (nSPS) is 51.0. The first-order valence-electron chi connectivity index (χ1n) is 23.7. The van der Waals surface area contributed by atoms with E-state index in [1.54, 1.807) is 0 Å². The van der Waals surface area contributed by atoms with E-state index >= 15 is 0 Å². The van der Waals surface area contributed by atoms with Crippen LogP contribution in [-0.4, -0.2) is 341 Å². The van der Waals surface area contributed by atoms with Crippen LogP contribution < -0.4 is 0 Å². The van der Waals surface area contributed by atoms with Crippen molar-refractivity contribution in [3.05, 3.63) is 0 Å². The number of aliphatic hydroxyl groups excluding tert-OH is 18. The average molecular weight is 1090 g/mol. The number of carbonyl (C=O) groups is 1. The number of aliphatic hydroxyl groups is 18. The minimum absolute atomic E-state index is 0.225. The van der Waals surface area contributed by atoms with E-state index in [9.17, 15) is 96.7 Å². The number of rotatable bonds is 11. The Morgan fingerprint density at radius 3 is 0.811 bits per heavy atom. The van der Waals surface area contributed by atoms with Gasteiger partial charge in [-0.05, 0) is 6.92 Å². The Hall–Kier alpha value is -1.77. The van der Waals surface area contributed by atoms with Crippen LogP contribution in [0, 0.1) is 0 Å². The quantitative estimate of drug-likeness (QED) is 0.0854. The lowest BCUT2D eigenvalue weighted by atomic mass is 9.94. The first-order chi connectivity index (χ1) is 35.3. The second kappa shape index (κ2) is 26.0. The fraction of sp³-hybridized carbons (Fsp3) is 0.976. The van der Waals surface area contributed by atoms with Gasteiger partial charge in [0.2, 0.25) is 0 Å². The molecule has 430 valence electrons. The third-order valence-electron chi connectivity index (χ3n) is 13.7. The van der Waals surface area contributed by atoms with Crippen molar-refractivity contribution < 1.29 is 163 Å². The van der Waals surface area contributed by atoms with Crippen LogP contribution >= 0.6 is 0 Å². The number of hydrogen-bond donors (Lipinski definition) is 18. The summed E-state index contributed by atoms with van der Waals surface area (Å²) in [5.74, 6) is -1.18. The van der Waals surface area contributed by atoms with Crippen LogP contribution in [0.15, 0.2) is 0 Å². The Kier molecular flexibility index (Phi) is 21.0. The number of hydrogen-bond acceptors (Lipinski definition) is 33. The molecule has 33 heteroatoms. The predicted molar refractivity (Wildman–Crippen MR) is 222 cm³/mol. The molecule has 0 radical (unpaired) electrons. The summed E-state index contributed by atoms with van der Waals surface area (Å²) in [6, 6.07) is 0. The third kappa shape index (κ3) is 12.0. The summed E-state index contributed by atoms with van der Waals surface area (Å²) in [5, 5.41) is 198. The molecule has 22 fully saturated rings. The molecule has 22 rings (SSSR count). The predicted octanol–water partition coefficient (Wildman–Crippen LogP) is -13.1. The van der Waals surface area contributed by atoms with Crippen molar-refractivity contribution in [2.45, 2.75) is 197 Å². The van der Waals surface area contributed by atoms with Gasteiger partial charge in [0.05, 0.1) is 52.9 Å². The topological polar surface area (TPSA) is 510 Å². The summed E-state index contributed by atoms with van der Waals surface area (Å²) in [4.78, 5) is 12.9. The highest BCUT2D eigenvalue weighted by molar-refractivity contribution is 5.74. The van der Waals surface area contributed by atoms with Gasteiger partial charge in [-0.3, -0.25) is 0 Å². The highest BCUT2D eigenvalue weighted by Crippen LogP contribution is 2.38. The van der Waals surface area contributed by atoms with E-state index in [2.05, 4.69) is 0 Å². The lowest BCUT2D eigenvalue weighted by Gasteiger charge is -2.51. The minimum atomic E-state index is -2.25. The molecule has 18 N–H and O–H groups in total. The molecule has 0 amide bonds. The maximum atomic E-state index is 12.9. The van der Waals surface area contributed by atoms with Gasteiger partial charge in [-0.25, -0.2) is 4.79 Å². The summed E-state index contributed by atoms with van der Waals surface area (Å²) in [6.07, 6.45) is -62.2. The van der Waals surface area contributed by atoms with Crippen molar-refractivity contribution in [2.75, 3.05) is 52.9 Å². The molecule has 22 heterocycles. The zero-order valence-electron chi connectivity index (χ0n) is 39.2. The summed E-state index contributed by atoms with van der Waals surface area (Å²) < 4.78 is 79.7. The molecule has 22 saturated heterocycles. The highest BCUT2D eigenvalue weighted by Gasteiger charge is 2.59. The molecule has 22 aliphatic heterocycles. The molecule has 0 aromatic carbocycles. The molecule has 0 aliphatic carbocycles. The number of ether oxygens (including phenoxy) is 14. The van der Waals surface area contributed by atoms with Gasteiger partial charge in [0.15, 0.2) is 43.8 Å². The highest BCUT2D eigenvalue weighted by atomic mass is 16.8. The van der Waals surface area contributed by atoms with Gasteiger partial charge in [-0.2, -0.15) is 0 Å². The molecule has 31 atom stereocenters. The van der Waals surface area contributed by atoms with Gasteiger partial charge in [0, 0.05) is 0 Å². The average Bonchev–Trinajstić information content (AvgIpc) is 3.39. The van der Waals surface area contributed by atoms with Crippen LogP contribution in [-0.2, 0) is 71.1 Å². The van der Waals surface area contributed by atoms with E-state index in [0.717, 1.165) is 0 Å². The van der Waals surface area contributed by atoms with Crippen LogP contribution in [0.25, 0.3) is 0 Å². The molecule has 0 saturated carbocycles. The first-order valence-corrected chi connectivity index (χ1v) is 23.7. The molecular weight excluding hydrogens is 1020 g/mol. The Balaban J connectivity index is 1.24. The molecule has 33 nitrogen and oxygen atoms in total. The maximum Gasteiger partial charge on any atom is 0.337 e. The van der Waals surface area contributed by atoms with Crippen molar-refractivity contribution in [2.24, 2.45) is 0 Å². The fourth-order valence-electron chi connectivity index (χ4n) is 9.67. The molecule has 74 heavy (non-hydrogen) atoms. The number of carbonyl (C=O) groups excluding carboxylic acids is 1. The van der Waals surface area contributed by atoms with Gasteiger partial charge in [0.25, 0.3) is 0 Å². The van der Waals surface area contributed by atoms with E-state index in [0.29, 0.717) is 0 Å². The Morgan fingerprint density at radius 2 is 0.581 bits per heavy atom. The van der Waals surface area contributed by atoms with Crippen LogP contribution in [0.3, 0.4) is 0 Å². The van der Waals surface area contributed by atoms with Crippen LogP contribution in [0.2, 0.25) is 0 Å². The van der Waals surface area contributed by atoms with Crippen molar-refractivity contribution in [1.82, 2.24) is 0 Å². The molecule has 1 unspecified atom stereocenters. The smallest absolute Gasteiger partial charge is 0.337 e. The van der Waals surface area contributed by atoms with E-state index < -0.39 is 243 Å². The SMILES string of the molecule is CCOC(=O)C(CO)O[C@@H]1[C@@H](O)[C@H]2O[C@H]3[C@H](O)[C@@H](O)[C@@H](O[C@H]4[C@H](O)[C@@H](O)[C@@H](O[C@H]5[C@H](O)[C@@H](O)[C@@H](O[C@H]6[C@H](O)[C@@H](O)[C@@H](O[C@H]7[C@H](O)[C@@H](O)[C@@H](O[C@H]1[C@@H](CO)O2)O[C@@H]7CO)O[C@@H]6CO)O[C@@H]5CO)O[C@@H]4CO)O[C@@H]3CO.